The van der Waals surface area contributed by atoms with Crippen LogP contribution in [-0.4, -0.2) is 30.3 Å². The van der Waals surface area contributed by atoms with E-state index in [1.54, 1.807) is 30.3 Å². The van der Waals surface area contributed by atoms with E-state index >= 15 is 0 Å². The van der Waals surface area contributed by atoms with Crippen LogP contribution >= 0.6 is 15.9 Å². The second-order valence-corrected chi connectivity index (χ2v) is 7.28. The van der Waals surface area contributed by atoms with Gasteiger partial charge in [0.2, 0.25) is 11.8 Å². The highest BCUT2D eigenvalue weighted by Crippen LogP contribution is 2.12. The van der Waals surface area contributed by atoms with Crippen LogP contribution in [-0.2, 0) is 9.59 Å². The van der Waals surface area contributed by atoms with E-state index in [0.29, 0.717) is 11.3 Å². The number of aryl methyl sites for hydroxylation is 1. The predicted molar refractivity (Wildman–Crippen MR) is 113 cm³/mol. The largest absolute Gasteiger partial charge is 0.341 e. The van der Waals surface area contributed by atoms with Crippen molar-refractivity contribution in [3.63, 3.8) is 0 Å². The van der Waals surface area contributed by atoms with Crippen LogP contribution in [0.3, 0.4) is 0 Å². The molecule has 8 heteroatoms. The standard InChI is InChI=1S/C21H21BrN4O3/c1-14-3-2-4-17(13-14)25-19(27)10-9-18(21(29)24-12-11-23)26-20(28)15-5-7-16(22)8-6-15/h2-8,13,18H,9-10,12H2,1H3,(H,24,29)(H,25,27)(H,26,28)/t18-/m0/s1. The van der Waals surface area contributed by atoms with E-state index in [1.165, 1.54) is 0 Å². The molecule has 7 nitrogen and oxygen atoms in total. The van der Waals surface area contributed by atoms with Crippen molar-refractivity contribution in [2.45, 2.75) is 25.8 Å². The molecule has 0 aliphatic rings. The molecule has 0 bridgehead atoms. The van der Waals surface area contributed by atoms with Gasteiger partial charge in [0.1, 0.15) is 12.6 Å². The molecular weight excluding hydrogens is 436 g/mol. The molecule has 0 fully saturated rings. The van der Waals surface area contributed by atoms with Crippen molar-refractivity contribution >= 4 is 39.3 Å². The lowest BCUT2D eigenvalue weighted by atomic mass is 10.1. The Kier molecular flexibility index (Phi) is 8.37. The zero-order valence-corrected chi connectivity index (χ0v) is 17.5. The van der Waals surface area contributed by atoms with Gasteiger partial charge in [0.05, 0.1) is 6.07 Å². The summed E-state index contributed by atoms with van der Waals surface area (Å²) in [6, 6.07) is 14.9. The Hall–Kier alpha value is -3.18. The van der Waals surface area contributed by atoms with Crippen LogP contribution in [0.25, 0.3) is 0 Å². The maximum Gasteiger partial charge on any atom is 0.251 e. The van der Waals surface area contributed by atoms with Crippen LogP contribution in [0.2, 0.25) is 0 Å². The monoisotopic (exact) mass is 456 g/mol. The minimum absolute atomic E-state index is 0.0270. The summed E-state index contributed by atoms with van der Waals surface area (Å²) in [5.41, 5.74) is 2.06. The molecule has 2 aromatic rings. The first-order valence-corrected chi connectivity index (χ1v) is 9.76. The van der Waals surface area contributed by atoms with Gasteiger partial charge in [-0.05, 0) is 55.3 Å². The second kappa shape index (κ2) is 11.0. The minimum atomic E-state index is -0.942. The number of nitrogens with one attached hydrogen (secondary N) is 3. The summed E-state index contributed by atoms with van der Waals surface area (Å²) in [6.45, 7) is 1.74. The number of carbonyl (C=O) groups is 3. The Balaban J connectivity index is 2.00. The normalized spacial score (nSPS) is 11.1. The highest BCUT2D eigenvalue weighted by molar-refractivity contribution is 9.10. The Labute approximate surface area is 177 Å². The summed E-state index contributed by atoms with van der Waals surface area (Å²) in [4.78, 5) is 37.0. The molecule has 0 unspecified atom stereocenters. The molecule has 1 atom stereocenters. The third-order valence-corrected chi connectivity index (χ3v) is 4.56. The molecule has 0 saturated carbocycles. The lowest BCUT2D eigenvalue weighted by molar-refractivity contribution is -0.123. The predicted octanol–water partition coefficient (Wildman–Crippen LogP) is 2.91. The number of halogens is 1. The van der Waals surface area contributed by atoms with Gasteiger partial charge in [-0.1, -0.05) is 28.1 Å². The molecule has 0 heterocycles. The van der Waals surface area contributed by atoms with Crippen molar-refractivity contribution < 1.29 is 14.4 Å². The SMILES string of the molecule is Cc1cccc(NC(=O)CC[C@H](NC(=O)c2ccc(Br)cc2)C(=O)NCC#N)c1. The summed E-state index contributed by atoms with van der Waals surface area (Å²) in [5, 5.41) is 16.5. The smallest absolute Gasteiger partial charge is 0.251 e. The topological polar surface area (TPSA) is 111 Å². The maximum absolute atomic E-state index is 12.4. The van der Waals surface area contributed by atoms with Crippen molar-refractivity contribution in [2.24, 2.45) is 0 Å². The molecular formula is C21H21BrN4O3. The first kappa shape index (κ1) is 22.1. The van der Waals surface area contributed by atoms with Gasteiger partial charge in [-0.25, -0.2) is 0 Å². The van der Waals surface area contributed by atoms with Crippen molar-refractivity contribution in [2.75, 3.05) is 11.9 Å². The third kappa shape index (κ3) is 7.39. The molecule has 0 saturated heterocycles. The van der Waals surface area contributed by atoms with E-state index < -0.39 is 17.9 Å². The van der Waals surface area contributed by atoms with Crippen LogP contribution in [0, 0.1) is 18.3 Å². The van der Waals surface area contributed by atoms with E-state index in [4.69, 9.17) is 5.26 Å². The molecule has 2 aromatic carbocycles. The van der Waals surface area contributed by atoms with Crippen molar-refractivity contribution in [1.29, 1.82) is 5.26 Å². The summed E-state index contributed by atoms with van der Waals surface area (Å²) in [6.07, 6.45) is 0.121. The fraction of sp³-hybridized carbons (Fsp3) is 0.238. The van der Waals surface area contributed by atoms with Gasteiger partial charge in [0.25, 0.3) is 5.91 Å². The first-order chi connectivity index (χ1) is 13.9. The quantitative estimate of drug-likeness (QED) is 0.530. The molecule has 0 aliphatic heterocycles. The Bertz CT molecular complexity index is 922. The number of hydrogen-bond donors (Lipinski definition) is 3. The molecule has 29 heavy (non-hydrogen) atoms. The van der Waals surface area contributed by atoms with Crippen molar-refractivity contribution in [1.82, 2.24) is 10.6 Å². The molecule has 0 aromatic heterocycles. The Morgan fingerprint density at radius 1 is 1.14 bits per heavy atom. The Morgan fingerprint density at radius 2 is 1.86 bits per heavy atom. The van der Waals surface area contributed by atoms with Crippen LogP contribution in [0.5, 0.6) is 0 Å². The van der Waals surface area contributed by atoms with Gasteiger partial charge in [-0.15, -0.1) is 0 Å². The number of nitriles is 1. The molecule has 0 aliphatic carbocycles. The minimum Gasteiger partial charge on any atom is -0.341 e. The zero-order chi connectivity index (χ0) is 21.2. The van der Waals surface area contributed by atoms with Crippen LogP contribution in [0.4, 0.5) is 5.69 Å². The lowest BCUT2D eigenvalue weighted by Crippen LogP contribution is -2.47. The molecule has 0 spiro atoms. The number of hydrogen-bond acceptors (Lipinski definition) is 4. The second-order valence-electron chi connectivity index (χ2n) is 6.37. The van der Waals surface area contributed by atoms with Crippen LogP contribution in [0.15, 0.2) is 53.0 Å². The van der Waals surface area contributed by atoms with E-state index in [2.05, 4.69) is 31.9 Å². The van der Waals surface area contributed by atoms with E-state index in [-0.39, 0.29) is 25.3 Å². The molecule has 150 valence electrons. The summed E-state index contributed by atoms with van der Waals surface area (Å²) in [5.74, 6) is -1.22. The van der Waals surface area contributed by atoms with Gasteiger partial charge in [0.15, 0.2) is 0 Å². The van der Waals surface area contributed by atoms with Gasteiger partial charge >= 0.3 is 0 Å². The van der Waals surface area contributed by atoms with Gasteiger partial charge in [-0.3, -0.25) is 14.4 Å². The van der Waals surface area contributed by atoms with E-state index in [0.717, 1.165) is 10.0 Å². The average molecular weight is 457 g/mol. The fourth-order valence-electron chi connectivity index (χ4n) is 2.58. The molecule has 3 amide bonds. The maximum atomic E-state index is 12.4. The highest BCUT2D eigenvalue weighted by Gasteiger charge is 2.22. The third-order valence-electron chi connectivity index (χ3n) is 4.03. The number of nitrogens with zero attached hydrogens (tertiary/aromatic N) is 1. The van der Waals surface area contributed by atoms with E-state index in [1.807, 2.05) is 31.2 Å². The number of carbonyl (C=O) groups excluding carboxylic acids is 3. The van der Waals surface area contributed by atoms with Gasteiger partial charge in [-0.2, -0.15) is 5.26 Å². The Morgan fingerprint density at radius 3 is 2.52 bits per heavy atom. The average Bonchev–Trinajstić information content (AvgIpc) is 2.69. The van der Waals surface area contributed by atoms with Gasteiger partial charge in [0, 0.05) is 22.1 Å². The van der Waals surface area contributed by atoms with Crippen LogP contribution < -0.4 is 16.0 Å². The van der Waals surface area contributed by atoms with Crippen LogP contribution in [0.1, 0.15) is 28.8 Å². The van der Waals surface area contributed by atoms with Crippen molar-refractivity contribution in [3.05, 3.63) is 64.1 Å². The molecule has 0 radical (unpaired) electrons. The van der Waals surface area contributed by atoms with E-state index in [9.17, 15) is 14.4 Å². The number of rotatable bonds is 8. The van der Waals surface area contributed by atoms with Gasteiger partial charge < -0.3 is 16.0 Å². The number of anilines is 1. The fourth-order valence-corrected chi connectivity index (χ4v) is 2.85. The highest BCUT2D eigenvalue weighted by atomic mass is 79.9. The zero-order valence-electron chi connectivity index (χ0n) is 15.9. The number of amides is 3. The molecule has 3 N–H and O–H groups in total. The summed E-state index contributed by atoms with van der Waals surface area (Å²) in [7, 11) is 0. The number of benzene rings is 2. The summed E-state index contributed by atoms with van der Waals surface area (Å²) >= 11 is 3.30. The lowest BCUT2D eigenvalue weighted by Gasteiger charge is -2.18. The van der Waals surface area contributed by atoms with Crippen molar-refractivity contribution in [3.8, 4) is 6.07 Å². The molecule has 2 rings (SSSR count). The summed E-state index contributed by atoms with van der Waals surface area (Å²) < 4.78 is 0.824. The first-order valence-electron chi connectivity index (χ1n) is 8.96.